The summed E-state index contributed by atoms with van der Waals surface area (Å²) in [6.45, 7) is 6.53. The topological polar surface area (TPSA) is 15.3 Å². The third-order valence-corrected chi connectivity index (χ3v) is 4.71. The number of piperazine rings is 1. The van der Waals surface area contributed by atoms with Gasteiger partial charge in [0.2, 0.25) is 0 Å². The minimum Gasteiger partial charge on any atom is -0.314 e. The van der Waals surface area contributed by atoms with Gasteiger partial charge in [-0.15, -0.1) is 0 Å². The lowest BCUT2D eigenvalue weighted by molar-refractivity contribution is 0.198. The van der Waals surface area contributed by atoms with Crippen LogP contribution in [0.25, 0.3) is 0 Å². The van der Waals surface area contributed by atoms with Crippen molar-refractivity contribution in [1.82, 2.24) is 10.2 Å². The van der Waals surface area contributed by atoms with Crippen LogP contribution in [0.15, 0.2) is 53.0 Å². The fourth-order valence-corrected chi connectivity index (χ4v) is 3.33. The smallest absolute Gasteiger partial charge is 0.0605 e. The highest BCUT2D eigenvalue weighted by Crippen LogP contribution is 2.31. The van der Waals surface area contributed by atoms with E-state index in [9.17, 15) is 0 Å². The average molecular weight is 345 g/mol. The fourth-order valence-electron chi connectivity index (χ4n) is 3.07. The molecule has 110 valence electrons. The van der Waals surface area contributed by atoms with Crippen molar-refractivity contribution in [3.8, 4) is 0 Å². The maximum absolute atomic E-state index is 3.54. The van der Waals surface area contributed by atoms with Gasteiger partial charge in [-0.3, -0.25) is 4.90 Å². The van der Waals surface area contributed by atoms with E-state index in [2.05, 4.69) is 81.6 Å². The van der Waals surface area contributed by atoms with Crippen LogP contribution in [0.2, 0.25) is 0 Å². The lowest BCUT2D eigenvalue weighted by atomic mass is 9.93. The minimum absolute atomic E-state index is 0.349. The fraction of sp³-hybridized carbons (Fsp3) is 0.333. The molecule has 1 heterocycles. The summed E-state index contributed by atoms with van der Waals surface area (Å²) >= 11 is 3.54. The van der Waals surface area contributed by atoms with E-state index in [0.717, 1.165) is 30.7 Å². The van der Waals surface area contributed by atoms with E-state index < -0.39 is 0 Å². The van der Waals surface area contributed by atoms with E-state index in [1.54, 1.807) is 0 Å². The average Bonchev–Trinajstić information content (AvgIpc) is 2.52. The Hall–Kier alpha value is -1.16. The summed E-state index contributed by atoms with van der Waals surface area (Å²) in [7, 11) is 0. The molecular weight excluding hydrogens is 324 g/mol. The second kappa shape index (κ2) is 6.73. The van der Waals surface area contributed by atoms with Crippen molar-refractivity contribution in [1.29, 1.82) is 0 Å². The van der Waals surface area contributed by atoms with Gasteiger partial charge < -0.3 is 5.32 Å². The van der Waals surface area contributed by atoms with Crippen LogP contribution in [0.3, 0.4) is 0 Å². The summed E-state index contributed by atoms with van der Waals surface area (Å²) < 4.78 is 1.13. The first-order valence-corrected chi connectivity index (χ1v) is 8.31. The molecule has 1 aliphatic rings. The highest BCUT2D eigenvalue weighted by atomic mass is 79.9. The Bertz CT molecular complexity index is 588. The molecule has 21 heavy (non-hydrogen) atoms. The summed E-state index contributed by atoms with van der Waals surface area (Å²) in [6, 6.07) is 17.9. The molecule has 0 aliphatic carbocycles. The molecule has 1 N–H and O–H groups in total. The maximum Gasteiger partial charge on any atom is 0.0605 e. The molecule has 0 radical (unpaired) electrons. The number of nitrogens with one attached hydrogen (secondary N) is 1. The standard InChI is InChI=1S/C18H21BrN2/c1-14-4-2-3-5-17(14)18(21-12-10-20-11-13-21)15-6-8-16(19)9-7-15/h2-9,18,20H,10-13H2,1H3. The number of aryl methyl sites for hydroxylation is 1. The number of rotatable bonds is 3. The van der Waals surface area contributed by atoms with Crippen molar-refractivity contribution >= 4 is 15.9 Å². The number of halogens is 1. The Labute approximate surface area is 135 Å². The van der Waals surface area contributed by atoms with Crippen LogP contribution in [-0.4, -0.2) is 31.1 Å². The maximum atomic E-state index is 3.54. The molecule has 2 aromatic rings. The quantitative estimate of drug-likeness (QED) is 0.911. The molecule has 3 heteroatoms. The normalized spacial score (nSPS) is 17.6. The van der Waals surface area contributed by atoms with Crippen LogP contribution in [0.5, 0.6) is 0 Å². The van der Waals surface area contributed by atoms with Crippen LogP contribution < -0.4 is 5.32 Å². The zero-order valence-corrected chi connectivity index (χ0v) is 13.9. The Morgan fingerprint density at radius 3 is 2.33 bits per heavy atom. The zero-order valence-electron chi connectivity index (χ0n) is 12.3. The van der Waals surface area contributed by atoms with Gasteiger partial charge in [0, 0.05) is 30.7 Å². The van der Waals surface area contributed by atoms with Crippen molar-refractivity contribution in [2.45, 2.75) is 13.0 Å². The molecule has 1 saturated heterocycles. The van der Waals surface area contributed by atoms with E-state index in [1.807, 2.05) is 0 Å². The molecule has 0 spiro atoms. The van der Waals surface area contributed by atoms with E-state index in [1.165, 1.54) is 16.7 Å². The summed E-state index contributed by atoms with van der Waals surface area (Å²) in [6.07, 6.45) is 0. The second-order valence-electron chi connectivity index (χ2n) is 5.60. The van der Waals surface area contributed by atoms with Gasteiger partial charge in [0.1, 0.15) is 0 Å². The monoisotopic (exact) mass is 344 g/mol. The van der Waals surface area contributed by atoms with Gasteiger partial charge in [0.15, 0.2) is 0 Å². The van der Waals surface area contributed by atoms with Gasteiger partial charge >= 0.3 is 0 Å². The first kappa shape index (κ1) is 14.8. The lowest BCUT2D eigenvalue weighted by Crippen LogP contribution is -2.45. The van der Waals surface area contributed by atoms with Crippen LogP contribution in [0.1, 0.15) is 22.7 Å². The van der Waals surface area contributed by atoms with Crippen LogP contribution in [0.4, 0.5) is 0 Å². The molecule has 2 nitrogen and oxygen atoms in total. The van der Waals surface area contributed by atoms with Crippen molar-refractivity contribution in [3.63, 3.8) is 0 Å². The SMILES string of the molecule is Cc1ccccc1C(c1ccc(Br)cc1)N1CCNCC1. The lowest BCUT2D eigenvalue weighted by Gasteiger charge is -2.36. The molecule has 1 aliphatic heterocycles. The molecule has 0 amide bonds. The van der Waals surface area contributed by atoms with Crippen molar-refractivity contribution in [2.75, 3.05) is 26.2 Å². The van der Waals surface area contributed by atoms with Crippen LogP contribution >= 0.6 is 15.9 Å². The van der Waals surface area contributed by atoms with Crippen molar-refractivity contribution < 1.29 is 0 Å². The molecule has 1 atom stereocenters. The highest BCUT2D eigenvalue weighted by molar-refractivity contribution is 9.10. The summed E-state index contributed by atoms with van der Waals surface area (Å²) in [5.41, 5.74) is 4.15. The third-order valence-electron chi connectivity index (χ3n) is 4.19. The van der Waals surface area contributed by atoms with E-state index in [-0.39, 0.29) is 0 Å². The largest absolute Gasteiger partial charge is 0.314 e. The molecule has 2 aromatic carbocycles. The Morgan fingerprint density at radius 2 is 1.67 bits per heavy atom. The van der Waals surface area contributed by atoms with E-state index in [0.29, 0.717) is 6.04 Å². The summed E-state index contributed by atoms with van der Waals surface area (Å²) in [5.74, 6) is 0. The summed E-state index contributed by atoms with van der Waals surface area (Å²) in [5, 5.41) is 3.45. The second-order valence-corrected chi connectivity index (χ2v) is 6.51. The van der Waals surface area contributed by atoms with Gasteiger partial charge in [-0.05, 0) is 35.7 Å². The number of benzene rings is 2. The van der Waals surface area contributed by atoms with Gasteiger partial charge in [0.25, 0.3) is 0 Å². The van der Waals surface area contributed by atoms with Crippen molar-refractivity contribution in [3.05, 3.63) is 69.7 Å². The first-order valence-electron chi connectivity index (χ1n) is 7.51. The van der Waals surface area contributed by atoms with Crippen LogP contribution in [0, 0.1) is 6.92 Å². The van der Waals surface area contributed by atoms with Gasteiger partial charge in [-0.25, -0.2) is 0 Å². The molecule has 1 unspecified atom stereocenters. The van der Waals surface area contributed by atoms with Gasteiger partial charge in [0.05, 0.1) is 6.04 Å². The molecule has 0 bridgehead atoms. The third kappa shape index (κ3) is 3.37. The molecule has 0 saturated carbocycles. The molecule has 0 aromatic heterocycles. The van der Waals surface area contributed by atoms with Gasteiger partial charge in [-0.2, -0.15) is 0 Å². The van der Waals surface area contributed by atoms with Crippen LogP contribution in [-0.2, 0) is 0 Å². The minimum atomic E-state index is 0.349. The van der Waals surface area contributed by atoms with E-state index >= 15 is 0 Å². The molecule has 1 fully saturated rings. The van der Waals surface area contributed by atoms with E-state index in [4.69, 9.17) is 0 Å². The first-order chi connectivity index (χ1) is 10.3. The summed E-state index contributed by atoms with van der Waals surface area (Å²) in [4.78, 5) is 2.59. The number of nitrogens with zero attached hydrogens (tertiary/aromatic N) is 1. The van der Waals surface area contributed by atoms with Gasteiger partial charge in [-0.1, -0.05) is 52.3 Å². The number of hydrogen-bond donors (Lipinski definition) is 1. The van der Waals surface area contributed by atoms with Crippen molar-refractivity contribution in [2.24, 2.45) is 0 Å². The molecule has 3 rings (SSSR count). The Kier molecular flexibility index (Phi) is 4.73. The Morgan fingerprint density at radius 1 is 1.00 bits per heavy atom. The predicted octanol–water partition coefficient (Wildman–Crippen LogP) is 3.75. The highest BCUT2D eigenvalue weighted by Gasteiger charge is 2.24. The predicted molar refractivity (Wildman–Crippen MR) is 91.6 cm³/mol. The zero-order chi connectivity index (χ0) is 14.7. The Balaban J connectivity index is 2.01. The molecular formula is C18H21BrN2. The number of hydrogen-bond acceptors (Lipinski definition) is 2.